The molecule has 3 nitrogen and oxygen atoms in total. The Morgan fingerprint density at radius 3 is 3.00 bits per heavy atom. The molecule has 0 spiro atoms. The number of nitrogens with two attached hydrogens (primary N) is 1. The molecule has 0 fully saturated rings. The van der Waals surface area contributed by atoms with Crippen LogP contribution in [-0.2, 0) is 6.42 Å². The molecule has 0 radical (unpaired) electrons. The quantitative estimate of drug-likeness (QED) is 0.629. The molecule has 0 aliphatic carbocycles. The van der Waals surface area contributed by atoms with E-state index in [1.807, 2.05) is 19.3 Å². The van der Waals surface area contributed by atoms with Crippen LogP contribution in [0.25, 0.3) is 0 Å². The van der Waals surface area contributed by atoms with E-state index in [1.165, 1.54) is 4.88 Å². The number of hydrogen-bond donors (Lipinski definition) is 2. The Bertz CT molecular complexity index is 439. The van der Waals surface area contributed by atoms with Gasteiger partial charge in [-0.15, -0.1) is 11.3 Å². The van der Waals surface area contributed by atoms with Gasteiger partial charge in [0.2, 0.25) is 0 Å². The molecule has 0 saturated heterocycles. The standard InChI is InChI=1S/C12H15N3S/c1-9-5-10(8-14-7-9)12(15-13)6-11-3-2-4-16-11/h2-5,7-8,12,15H,6,13H2,1H3. The fourth-order valence-corrected chi connectivity index (χ4v) is 2.42. The lowest BCUT2D eigenvalue weighted by atomic mass is 10.0. The Morgan fingerprint density at radius 1 is 1.50 bits per heavy atom. The second-order valence-electron chi connectivity index (χ2n) is 3.80. The molecule has 3 N–H and O–H groups in total. The first kappa shape index (κ1) is 11.3. The van der Waals surface area contributed by atoms with Crippen LogP contribution in [0.2, 0.25) is 0 Å². The van der Waals surface area contributed by atoms with Gasteiger partial charge in [-0.2, -0.15) is 0 Å². The highest BCUT2D eigenvalue weighted by Crippen LogP contribution is 2.20. The first-order chi connectivity index (χ1) is 7.79. The van der Waals surface area contributed by atoms with Crippen molar-refractivity contribution in [3.8, 4) is 0 Å². The smallest absolute Gasteiger partial charge is 0.0523 e. The number of pyridine rings is 1. The summed E-state index contributed by atoms with van der Waals surface area (Å²) in [6.07, 6.45) is 4.62. The summed E-state index contributed by atoms with van der Waals surface area (Å²) in [6, 6.07) is 6.43. The SMILES string of the molecule is Cc1cncc(C(Cc2cccs2)NN)c1. The molecule has 2 aromatic rings. The summed E-state index contributed by atoms with van der Waals surface area (Å²) in [5.74, 6) is 5.60. The molecule has 0 aromatic carbocycles. The van der Waals surface area contributed by atoms with E-state index in [2.05, 4.69) is 34.0 Å². The van der Waals surface area contributed by atoms with E-state index in [9.17, 15) is 0 Å². The van der Waals surface area contributed by atoms with Crippen LogP contribution >= 0.6 is 11.3 Å². The Kier molecular flexibility index (Phi) is 3.66. The fourth-order valence-electron chi connectivity index (χ4n) is 1.67. The van der Waals surface area contributed by atoms with Gasteiger partial charge >= 0.3 is 0 Å². The summed E-state index contributed by atoms with van der Waals surface area (Å²) in [6.45, 7) is 2.04. The second kappa shape index (κ2) is 5.21. The Balaban J connectivity index is 2.16. The van der Waals surface area contributed by atoms with Crippen molar-refractivity contribution in [3.05, 3.63) is 52.0 Å². The van der Waals surface area contributed by atoms with Gasteiger partial charge in [0, 0.05) is 23.7 Å². The number of rotatable bonds is 4. The van der Waals surface area contributed by atoms with Gasteiger partial charge in [0.15, 0.2) is 0 Å². The number of thiophene rings is 1. The number of nitrogens with one attached hydrogen (secondary N) is 1. The summed E-state index contributed by atoms with van der Waals surface area (Å²) in [7, 11) is 0. The third kappa shape index (κ3) is 2.66. The Labute approximate surface area is 99.3 Å². The number of hydrazine groups is 1. The highest BCUT2D eigenvalue weighted by molar-refractivity contribution is 7.09. The number of hydrogen-bond acceptors (Lipinski definition) is 4. The molecule has 0 aliphatic rings. The summed E-state index contributed by atoms with van der Waals surface area (Å²) in [5.41, 5.74) is 5.14. The first-order valence-electron chi connectivity index (χ1n) is 5.19. The van der Waals surface area contributed by atoms with Gasteiger partial charge in [-0.05, 0) is 29.5 Å². The van der Waals surface area contributed by atoms with E-state index < -0.39 is 0 Å². The van der Waals surface area contributed by atoms with Crippen LogP contribution in [0.4, 0.5) is 0 Å². The molecule has 1 unspecified atom stereocenters. The summed E-state index contributed by atoms with van der Waals surface area (Å²) in [5, 5.41) is 2.08. The lowest BCUT2D eigenvalue weighted by Crippen LogP contribution is -2.29. The number of aromatic nitrogens is 1. The molecular formula is C12H15N3S. The monoisotopic (exact) mass is 233 g/mol. The molecule has 0 saturated carbocycles. The van der Waals surface area contributed by atoms with Crippen LogP contribution in [0.3, 0.4) is 0 Å². The van der Waals surface area contributed by atoms with Crippen molar-refractivity contribution >= 4 is 11.3 Å². The van der Waals surface area contributed by atoms with Crippen LogP contribution in [0.15, 0.2) is 36.0 Å². The van der Waals surface area contributed by atoms with Gasteiger partial charge in [-0.25, -0.2) is 0 Å². The van der Waals surface area contributed by atoms with Crippen molar-refractivity contribution < 1.29 is 0 Å². The van der Waals surface area contributed by atoms with Crippen LogP contribution < -0.4 is 11.3 Å². The number of nitrogens with zero attached hydrogens (tertiary/aromatic N) is 1. The number of aryl methyl sites for hydroxylation is 1. The minimum Gasteiger partial charge on any atom is -0.271 e. The van der Waals surface area contributed by atoms with E-state index in [0.717, 1.165) is 17.5 Å². The molecule has 0 bridgehead atoms. The van der Waals surface area contributed by atoms with E-state index in [-0.39, 0.29) is 6.04 Å². The fraction of sp³-hybridized carbons (Fsp3) is 0.250. The highest BCUT2D eigenvalue weighted by Gasteiger charge is 2.11. The predicted molar refractivity (Wildman–Crippen MR) is 67.1 cm³/mol. The van der Waals surface area contributed by atoms with E-state index in [1.54, 1.807) is 11.3 Å². The lowest BCUT2D eigenvalue weighted by molar-refractivity contribution is 0.553. The average Bonchev–Trinajstić information content (AvgIpc) is 2.78. The first-order valence-corrected chi connectivity index (χ1v) is 6.07. The van der Waals surface area contributed by atoms with Crippen molar-refractivity contribution in [2.75, 3.05) is 0 Å². The van der Waals surface area contributed by atoms with Gasteiger partial charge in [-0.3, -0.25) is 16.3 Å². The Hall–Kier alpha value is -1.23. The molecular weight excluding hydrogens is 218 g/mol. The topological polar surface area (TPSA) is 50.9 Å². The maximum atomic E-state index is 5.60. The zero-order chi connectivity index (χ0) is 11.4. The molecule has 1 atom stereocenters. The predicted octanol–water partition coefficient (Wildman–Crippen LogP) is 2.20. The average molecular weight is 233 g/mol. The van der Waals surface area contributed by atoms with E-state index in [0.29, 0.717) is 0 Å². The minimum absolute atomic E-state index is 0.131. The van der Waals surface area contributed by atoms with Crippen LogP contribution in [0.1, 0.15) is 22.0 Å². The van der Waals surface area contributed by atoms with Gasteiger partial charge in [-0.1, -0.05) is 12.1 Å². The van der Waals surface area contributed by atoms with Crippen molar-refractivity contribution in [1.29, 1.82) is 0 Å². The normalized spacial score (nSPS) is 12.6. The lowest BCUT2D eigenvalue weighted by Gasteiger charge is -2.15. The summed E-state index contributed by atoms with van der Waals surface area (Å²) in [4.78, 5) is 5.51. The second-order valence-corrected chi connectivity index (χ2v) is 4.83. The zero-order valence-electron chi connectivity index (χ0n) is 9.18. The molecule has 2 rings (SSSR count). The molecule has 84 valence electrons. The van der Waals surface area contributed by atoms with Crippen LogP contribution in [0.5, 0.6) is 0 Å². The van der Waals surface area contributed by atoms with Gasteiger partial charge < -0.3 is 0 Å². The van der Waals surface area contributed by atoms with Crippen molar-refractivity contribution in [1.82, 2.24) is 10.4 Å². The zero-order valence-corrected chi connectivity index (χ0v) is 10.00. The molecule has 16 heavy (non-hydrogen) atoms. The van der Waals surface area contributed by atoms with Crippen LogP contribution in [0, 0.1) is 6.92 Å². The largest absolute Gasteiger partial charge is 0.271 e. The molecule has 0 amide bonds. The highest BCUT2D eigenvalue weighted by atomic mass is 32.1. The van der Waals surface area contributed by atoms with E-state index >= 15 is 0 Å². The summed E-state index contributed by atoms with van der Waals surface area (Å²) >= 11 is 1.75. The molecule has 4 heteroatoms. The maximum Gasteiger partial charge on any atom is 0.0523 e. The molecule has 2 heterocycles. The Morgan fingerprint density at radius 2 is 2.38 bits per heavy atom. The third-order valence-corrected chi connectivity index (χ3v) is 3.38. The summed E-state index contributed by atoms with van der Waals surface area (Å²) < 4.78 is 0. The maximum absolute atomic E-state index is 5.60. The van der Waals surface area contributed by atoms with Crippen molar-refractivity contribution in [2.45, 2.75) is 19.4 Å². The third-order valence-electron chi connectivity index (χ3n) is 2.49. The molecule has 0 aliphatic heterocycles. The van der Waals surface area contributed by atoms with Crippen LogP contribution in [-0.4, -0.2) is 4.98 Å². The molecule has 2 aromatic heterocycles. The minimum atomic E-state index is 0.131. The van der Waals surface area contributed by atoms with Crippen molar-refractivity contribution in [3.63, 3.8) is 0 Å². The van der Waals surface area contributed by atoms with Crippen molar-refractivity contribution in [2.24, 2.45) is 5.84 Å². The van der Waals surface area contributed by atoms with Gasteiger partial charge in [0.25, 0.3) is 0 Å². The van der Waals surface area contributed by atoms with Gasteiger partial charge in [0.1, 0.15) is 0 Å². The van der Waals surface area contributed by atoms with E-state index in [4.69, 9.17) is 5.84 Å². The van der Waals surface area contributed by atoms with Gasteiger partial charge in [0.05, 0.1) is 6.04 Å².